The Hall–Kier alpha value is -2.55. The maximum atomic E-state index is 12.9. The van der Waals surface area contributed by atoms with Crippen LogP contribution in [0.25, 0.3) is 0 Å². The molecule has 0 heterocycles. The first-order valence-corrected chi connectivity index (χ1v) is 10.9. The minimum absolute atomic E-state index is 0.0736. The van der Waals surface area contributed by atoms with Gasteiger partial charge in [0.15, 0.2) is 0 Å². The van der Waals surface area contributed by atoms with Crippen molar-refractivity contribution >= 4 is 31.1 Å². The molecule has 0 aliphatic rings. The molecule has 1 N–H and O–H groups in total. The third-order valence-corrected chi connectivity index (χ3v) is 6.73. The van der Waals surface area contributed by atoms with Crippen molar-refractivity contribution in [1.82, 2.24) is 0 Å². The molecule has 27 heavy (non-hydrogen) atoms. The first-order chi connectivity index (χ1) is 13.3. The number of ether oxygens (including phenoxy) is 1. The molecule has 0 aliphatic heterocycles. The van der Waals surface area contributed by atoms with E-state index in [0.29, 0.717) is 6.61 Å². The number of rotatable bonds is 8. The van der Waals surface area contributed by atoms with E-state index in [9.17, 15) is 4.79 Å². The quantitative estimate of drug-likeness (QED) is 0.435. The predicted octanol–water partition coefficient (Wildman–Crippen LogP) is 4.22. The van der Waals surface area contributed by atoms with Gasteiger partial charge in [-0.15, -0.1) is 0 Å². The summed E-state index contributed by atoms with van der Waals surface area (Å²) in [6, 6.07) is 30.2. The number of esters is 1. The van der Waals surface area contributed by atoms with Gasteiger partial charge < -0.3 is 0 Å². The van der Waals surface area contributed by atoms with Crippen molar-refractivity contribution in [2.45, 2.75) is 17.8 Å². The van der Waals surface area contributed by atoms with Crippen LogP contribution in [0, 0.1) is 0 Å². The van der Waals surface area contributed by atoms with Gasteiger partial charge in [0.2, 0.25) is 0 Å². The van der Waals surface area contributed by atoms with E-state index in [4.69, 9.17) is 4.74 Å². The van der Waals surface area contributed by atoms with Crippen LogP contribution < -0.4 is 9.78 Å². The molecule has 4 heteroatoms. The third kappa shape index (κ3) is 5.46. The monoisotopic (exact) mass is 425 g/mol. The van der Waals surface area contributed by atoms with Gasteiger partial charge in [-0.2, -0.15) is 0 Å². The van der Waals surface area contributed by atoms with Crippen LogP contribution in [0.1, 0.15) is 18.5 Å². The molecule has 3 rings (SSSR count). The molecular formula is C23H23NO2Se. The maximum absolute atomic E-state index is 12.9. The molecular weight excluding hydrogens is 401 g/mol. The second-order valence-corrected chi connectivity index (χ2v) is 8.55. The van der Waals surface area contributed by atoms with E-state index in [1.54, 1.807) is 0 Å². The van der Waals surface area contributed by atoms with Gasteiger partial charge in [0, 0.05) is 0 Å². The standard InChI is InChI=1S/C23H23NO2Se/c1-2-26-23(25)22(27-20-16-10-5-11-17-20)21(18-12-6-3-7-13-18)24-19-14-8-4-9-15-19/h3-17,21-22,24H,2H2,1H3/t21-,22+/m0/s1. The van der Waals surface area contributed by atoms with Crippen LogP contribution in [0.3, 0.4) is 0 Å². The number of carbonyl (C=O) groups excluding carboxylic acids is 1. The third-order valence-electron chi connectivity index (χ3n) is 4.08. The summed E-state index contributed by atoms with van der Waals surface area (Å²) < 4.78 is 6.63. The molecule has 0 aromatic heterocycles. The molecule has 2 atom stereocenters. The zero-order chi connectivity index (χ0) is 18.9. The fourth-order valence-corrected chi connectivity index (χ4v) is 5.21. The predicted molar refractivity (Wildman–Crippen MR) is 111 cm³/mol. The Morgan fingerprint density at radius 3 is 2.04 bits per heavy atom. The number of nitrogens with one attached hydrogen (secondary N) is 1. The number of hydrogen-bond acceptors (Lipinski definition) is 3. The number of anilines is 1. The summed E-state index contributed by atoms with van der Waals surface area (Å²) in [4.78, 5) is 12.6. The van der Waals surface area contributed by atoms with Crippen LogP contribution in [0.5, 0.6) is 0 Å². The van der Waals surface area contributed by atoms with E-state index >= 15 is 0 Å². The van der Waals surface area contributed by atoms with Crippen LogP contribution in [0.4, 0.5) is 5.69 Å². The Bertz CT molecular complexity index is 825. The summed E-state index contributed by atoms with van der Waals surface area (Å²) in [5, 5.41) is 3.57. The van der Waals surface area contributed by atoms with E-state index in [-0.39, 0.29) is 31.8 Å². The van der Waals surface area contributed by atoms with Gasteiger partial charge >= 0.3 is 167 Å². The second kappa shape index (κ2) is 9.96. The fourth-order valence-electron chi connectivity index (χ4n) is 2.83. The Morgan fingerprint density at radius 2 is 1.44 bits per heavy atom. The van der Waals surface area contributed by atoms with E-state index in [1.165, 1.54) is 4.46 Å². The molecule has 0 radical (unpaired) electrons. The van der Waals surface area contributed by atoms with Gasteiger partial charge in [0.1, 0.15) is 0 Å². The van der Waals surface area contributed by atoms with Crippen molar-refractivity contribution in [3.63, 3.8) is 0 Å². The summed E-state index contributed by atoms with van der Waals surface area (Å²) in [6.07, 6.45) is 0. The van der Waals surface area contributed by atoms with Crippen LogP contribution in [0.15, 0.2) is 91.0 Å². The van der Waals surface area contributed by atoms with Crippen LogP contribution >= 0.6 is 0 Å². The molecule has 138 valence electrons. The SMILES string of the molecule is CCOC(=O)[C@H]([Se]c1ccccc1)[C@@H](Nc1ccccc1)c1ccccc1. The molecule has 0 fully saturated rings. The van der Waals surface area contributed by atoms with Crippen molar-refractivity contribution in [2.75, 3.05) is 11.9 Å². The number of para-hydroxylation sites is 1. The first kappa shape index (κ1) is 19.2. The number of benzene rings is 3. The summed E-state index contributed by atoms with van der Waals surface area (Å²) in [5.74, 6) is -0.154. The van der Waals surface area contributed by atoms with Crippen LogP contribution in [-0.4, -0.2) is 27.5 Å². The van der Waals surface area contributed by atoms with Gasteiger partial charge in [-0.1, -0.05) is 0 Å². The Balaban J connectivity index is 1.96. The molecule has 0 amide bonds. The van der Waals surface area contributed by atoms with E-state index in [0.717, 1.165) is 11.3 Å². The summed E-state index contributed by atoms with van der Waals surface area (Å²) in [6.45, 7) is 2.24. The molecule has 3 nitrogen and oxygen atoms in total. The summed E-state index contributed by atoms with van der Waals surface area (Å²) in [7, 11) is 0. The van der Waals surface area contributed by atoms with E-state index < -0.39 is 0 Å². The van der Waals surface area contributed by atoms with Gasteiger partial charge in [-0.25, -0.2) is 0 Å². The molecule has 0 bridgehead atoms. The molecule has 0 saturated carbocycles. The molecule has 3 aromatic rings. The molecule has 0 aliphatic carbocycles. The molecule has 0 unspecified atom stereocenters. The van der Waals surface area contributed by atoms with Crippen molar-refractivity contribution < 1.29 is 9.53 Å². The van der Waals surface area contributed by atoms with Crippen molar-refractivity contribution in [3.8, 4) is 0 Å². The fraction of sp³-hybridized carbons (Fsp3) is 0.174. The van der Waals surface area contributed by atoms with Crippen molar-refractivity contribution in [2.24, 2.45) is 0 Å². The molecule has 0 spiro atoms. The van der Waals surface area contributed by atoms with Crippen LogP contribution in [0.2, 0.25) is 4.82 Å². The average molecular weight is 424 g/mol. The summed E-state index contributed by atoms with van der Waals surface area (Å²) >= 11 is -0.0736. The minimum atomic E-state index is -0.276. The first-order valence-electron chi connectivity index (χ1n) is 9.03. The van der Waals surface area contributed by atoms with Crippen LogP contribution in [-0.2, 0) is 9.53 Å². The topological polar surface area (TPSA) is 38.3 Å². The number of carbonyl (C=O) groups is 1. The van der Waals surface area contributed by atoms with Gasteiger partial charge in [-0.3, -0.25) is 0 Å². The second-order valence-electron chi connectivity index (χ2n) is 6.00. The Morgan fingerprint density at radius 1 is 0.889 bits per heavy atom. The molecule has 3 aromatic carbocycles. The number of hydrogen-bond donors (Lipinski definition) is 1. The van der Waals surface area contributed by atoms with Crippen molar-refractivity contribution in [3.05, 3.63) is 96.6 Å². The zero-order valence-corrected chi connectivity index (χ0v) is 17.0. The Labute approximate surface area is 166 Å². The molecule has 0 saturated heterocycles. The van der Waals surface area contributed by atoms with Gasteiger partial charge in [0.05, 0.1) is 0 Å². The van der Waals surface area contributed by atoms with Crippen molar-refractivity contribution in [1.29, 1.82) is 0 Å². The average Bonchev–Trinajstić information content (AvgIpc) is 2.73. The van der Waals surface area contributed by atoms with Gasteiger partial charge in [0.25, 0.3) is 0 Å². The summed E-state index contributed by atoms with van der Waals surface area (Å²) in [5.41, 5.74) is 2.07. The zero-order valence-electron chi connectivity index (χ0n) is 15.2. The normalized spacial score (nSPS) is 12.8. The van der Waals surface area contributed by atoms with E-state index in [2.05, 4.69) is 29.6 Å². The van der Waals surface area contributed by atoms with E-state index in [1.807, 2.05) is 73.7 Å². The van der Waals surface area contributed by atoms with Gasteiger partial charge in [-0.05, 0) is 0 Å². The Kier molecular flexibility index (Phi) is 7.09.